The number of aromatic nitrogens is 3. The van der Waals surface area contributed by atoms with E-state index in [9.17, 15) is 0 Å². The van der Waals surface area contributed by atoms with Gasteiger partial charge in [0.2, 0.25) is 0 Å². The summed E-state index contributed by atoms with van der Waals surface area (Å²) in [7, 11) is 0. The fourth-order valence-corrected chi connectivity index (χ4v) is 3.96. The fraction of sp³-hybridized carbons (Fsp3) is 0.350. The van der Waals surface area contributed by atoms with Crippen LogP contribution in [-0.2, 0) is 0 Å². The summed E-state index contributed by atoms with van der Waals surface area (Å²) >= 11 is 1.69. The lowest BCUT2D eigenvalue weighted by Gasteiger charge is -2.34. The zero-order chi connectivity index (χ0) is 17.8. The van der Waals surface area contributed by atoms with E-state index < -0.39 is 0 Å². The van der Waals surface area contributed by atoms with Crippen LogP contribution in [0.3, 0.4) is 0 Å². The van der Waals surface area contributed by atoms with Gasteiger partial charge in [-0.1, -0.05) is 24.1 Å². The van der Waals surface area contributed by atoms with Crippen LogP contribution in [0.4, 0.5) is 5.82 Å². The van der Waals surface area contributed by atoms with E-state index >= 15 is 0 Å². The SMILES string of the molecule is CSNCC1CCCN(c2nc(-c3ccncc3)nc3ccccc23)C1. The number of hydrogen-bond acceptors (Lipinski definition) is 6. The van der Waals surface area contributed by atoms with Crippen molar-refractivity contribution in [1.82, 2.24) is 19.7 Å². The van der Waals surface area contributed by atoms with Gasteiger partial charge in [-0.25, -0.2) is 9.97 Å². The maximum Gasteiger partial charge on any atom is 0.162 e. The molecule has 0 saturated carbocycles. The van der Waals surface area contributed by atoms with Gasteiger partial charge in [-0.15, -0.1) is 0 Å². The molecule has 1 fully saturated rings. The standard InChI is InChI=1S/C20H23N5S/c1-26-22-13-15-5-4-12-25(14-15)20-17-6-2-3-7-18(17)23-19(24-20)16-8-10-21-11-9-16/h2-3,6-11,15,22H,4-5,12-14H2,1H3. The Morgan fingerprint density at radius 3 is 2.85 bits per heavy atom. The Morgan fingerprint density at radius 1 is 1.15 bits per heavy atom. The molecule has 3 heterocycles. The van der Waals surface area contributed by atoms with Crippen LogP contribution in [0.25, 0.3) is 22.3 Å². The maximum atomic E-state index is 4.97. The largest absolute Gasteiger partial charge is 0.356 e. The van der Waals surface area contributed by atoms with E-state index in [0.717, 1.165) is 47.7 Å². The first kappa shape index (κ1) is 17.2. The second-order valence-electron chi connectivity index (χ2n) is 6.63. The van der Waals surface area contributed by atoms with Gasteiger partial charge < -0.3 is 4.90 Å². The molecule has 4 rings (SSSR count). The van der Waals surface area contributed by atoms with Crippen molar-refractivity contribution >= 4 is 28.7 Å². The molecule has 6 heteroatoms. The molecule has 1 aromatic carbocycles. The minimum atomic E-state index is 0.648. The first-order valence-electron chi connectivity index (χ1n) is 9.03. The second kappa shape index (κ2) is 8.01. The Morgan fingerprint density at radius 2 is 2.00 bits per heavy atom. The molecule has 2 aromatic heterocycles. The van der Waals surface area contributed by atoms with Gasteiger partial charge in [0.15, 0.2) is 5.82 Å². The molecule has 0 amide bonds. The highest BCUT2D eigenvalue weighted by Gasteiger charge is 2.23. The minimum absolute atomic E-state index is 0.648. The van der Waals surface area contributed by atoms with Gasteiger partial charge >= 0.3 is 0 Å². The third kappa shape index (κ3) is 3.66. The molecule has 0 aliphatic carbocycles. The number of nitrogens with zero attached hydrogens (tertiary/aromatic N) is 4. The summed E-state index contributed by atoms with van der Waals surface area (Å²) in [5, 5.41) is 1.13. The van der Waals surface area contributed by atoms with E-state index in [1.807, 2.05) is 18.2 Å². The zero-order valence-corrected chi connectivity index (χ0v) is 15.7. The van der Waals surface area contributed by atoms with Gasteiger partial charge in [0, 0.05) is 43.0 Å². The topological polar surface area (TPSA) is 53.9 Å². The van der Waals surface area contributed by atoms with Crippen LogP contribution in [-0.4, -0.2) is 40.8 Å². The lowest BCUT2D eigenvalue weighted by atomic mass is 9.98. The van der Waals surface area contributed by atoms with E-state index in [0.29, 0.717) is 5.92 Å². The number of pyridine rings is 1. The molecule has 134 valence electrons. The monoisotopic (exact) mass is 365 g/mol. The van der Waals surface area contributed by atoms with Crippen molar-refractivity contribution in [3.05, 3.63) is 48.8 Å². The maximum absolute atomic E-state index is 4.97. The molecule has 0 bridgehead atoms. The number of fused-ring (bicyclic) bond motifs is 1. The molecule has 5 nitrogen and oxygen atoms in total. The van der Waals surface area contributed by atoms with Gasteiger partial charge in [0.1, 0.15) is 5.82 Å². The van der Waals surface area contributed by atoms with Crippen molar-refractivity contribution in [2.45, 2.75) is 12.8 Å². The van der Waals surface area contributed by atoms with E-state index in [4.69, 9.17) is 9.97 Å². The molecule has 0 radical (unpaired) electrons. The van der Waals surface area contributed by atoms with Gasteiger partial charge in [-0.2, -0.15) is 0 Å². The molecule has 1 saturated heterocycles. The first-order valence-corrected chi connectivity index (χ1v) is 10.3. The summed E-state index contributed by atoms with van der Waals surface area (Å²) in [5.74, 6) is 2.47. The van der Waals surface area contributed by atoms with Crippen LogP contribution in [0.5, 0.6) is 0 Å². The molecule has 1 aliphatic heterocycles. The zero-order valence-electron chi connectivity index (χ0n) is 14.9. The molecule has 1 unspecified atom stereocenters. The third-order valence-corrected chi connectivity index (χ3v) is 5.31. The smallest absolute Gasteiger partial charge is 0.162 e. The van der Waals surface area contributed by atoms with Crippen molar-refractivity contribution in [3.8, 4) is 11.4 Å². The van der Waals surface area contributed by atoms with Crippen molar-refractivity contribution in [2.75, 3.05) is 30.8 Å². The van der Waals surface area contributed by atoms with Crippen molar-refractivity contribution in [2.24, 2.45) is 5.92 Å². The molecule has 3 aromatic rings. The summed E-state index contributed by atoms with van der Waals surface area (Å²) in [6.45, 7) is 3.12. The summed E-state index contributed by atoms with van der Waals surface area (Å²) in [6, 6.07) is 12.2. The summed E-state index contributed by atoms with van der Waals surface area (Å²) < 4.78 is 3.41. The fourth-order valence-electron chi connectivity index (χ4n) is 3.56. The second-order valence-corrected chi connectivity index (χ2v) is 7.33. The Labute approximate surface area is 158 Å². The Balaban J connectivity index is 1.73. The van der Waals surface area contributed by atoms with Gasteiger partial charge in [0.05, 0.1) is 5.52 Å². The lowest BCUT2D eigenvalue weighted by Crippen LogP contribution is -2.39. The molecule has 1 N–H and O–H groups in total. The van der Waals surface area contributed by atoms with Gasteiger partial charge in [-0.3, -0.25) is 9.71 Å². The number of benzene rings is 1. The first-order chi connectivity index (χ1) is 12.8. The average molecular weight is 366 g/mol. The molecular weight excluding hydrogens is 342 g/mol. The summed E-state index contributed by atoms with van der Waals surface area (Å²) in [6.07, 6.45) is 8.13. The van der Waals surface area contributed by atoms with E-state index in [-0.39, 0.29) is 0 Å². The number of anilines is 1. The number of para-hydroxylation sites is 1. The van der Waals surface area contributed by atoms with Crippen molar-refractivity contribution in [1.29, 1.82) is 0 Å². The summed E-state index contributed by atoms with van der Waals surface area (Å²) in [5.41, 5.74) is 2.00. The Kier molecular flexibility index (Phi) is 5.32. The molecule has 26 heavy (non-hydrogen) atoms. The van der Waals surface area contributed by atoms with E-state index in [2.05, 4.69) is 39.1 Å². The number of rotatable bonds is 5. The lowest BCUT2D eigenvalue weighted by molar-refractivity contribution is 0.415. The molecule has 1 atom stereocenters. The van der Waals surface area contributed by atoms with Gasteiger partial charge in [-0.05, 0) is 49.3 Å². The third-order valence-electron chi connectivity index (χ3n) is 4.86. The summed E-state index contributed by atoms with van der Waals surface area (Å²) in [4.78, 5) is 16.3. The quantitative estimate of drug-likeness (QED) is 0.695. The number of hydrogen-bond donors (Lipinski definition) is 1. The highest BCUT2D eigenvalue weighted by atomic mass is 32.2. The van der Waals surface area contributed by atoms with Crippen LogP contribution in [0.1, 0.15) is 12.8 Å². The van der Waals surface area contributed by atoms with Crippen LogP contribution in [0.15, 0.2) is 48.8 Å². The Bertz CT molecular complexity index is 870. The molecule has 0 spiro atoms. The van der Waals surface area contributed by atoms with Crippen LogP contribution in [0.2, 0.25) is 0 Å². The predicted octanol–water partition coefficient (Wildman–Crippen LogP) is 3.78. The number of piperidine rings is 1. The molecular formula is C20H23N5S. The normalized spacial score (nSPS) is 17.6. The average Bonchev–Trinajstić information content (AvgIpc) is 2.72. The highest BCUT2D eigenvalue weighted by Crippen LogP contribution is 2.30. The van der Waals surface area contributed by atoms with Crippen molar-refractivity contribution in [3.63, 3.8) is 0 Å². The minimum Gasteiger partial charge on any atom is -0.356 e. The predicted molar refractivity (Wildman–Crippen MR) is 109 cm³/mol. The van der Waals surface area contributed by atoms with Crippen LogP contribution >= 0.6 is 11.9 Å². The van der Waals surface area contributed by atoms with Crippen LogP contribution in [0, 0.1) is 5.92 Å². The van der Waals surface area contributed by atoms with E-state index in [1.54, 1.807) is 24.3 Å². The molecule has 1 aliphatic rings. The number of nitrogens with one attached hydrogen (secondary N) is 1. The van der Waals surface area contributed by atoms with Crippen LogP contribution < -0.4 is 9.62 Å². The van der Waals surface area contributed by atoms with E-state index in [1.165, 1.54) is 12.8 Å². The van der Waals surface area contributed by atoms with Crippen molar-refractivity contribution < 1.29 is 0 Å². The van der Waals surface area contributed by atoms with Gasteiger partial charge in [0.25, 0.3) is 0 Å². The highest BCUT2D eigenvalue weighted by molar-refractivity contribution is 7.96. The Hall–Kier alpha value is -2.18.